The van der Waals surface area contributed by atoms with Gasteiger partial charge in [0.05, 0.1) is 6.10 Å². The summed E-state index contributed by atoms with van der Waals surface area (Å²) in [6.45, 7) is 2.89. The van der Waals surface area contributed by atoms with Crippen molar-refractivity contribution in [1.82, 2.24) is 31.1 Å². The van der Waals surface area contributed by atoms with Gasteiger partial charge >= 0.3 is 0 Å². The van der Waals surface area contributed by atoms with Gasteiger partial charge in [0.2, 0.25) is 35.4 Å². The van der Waals surface area contributed by atoms with E-state index in [0.717, 1.165) is 20.9 Å². The number of likely N-dealkylation sites (N-methyl/N-ethyl adjacent to an activating group) is 1. The number of hydrogen-bond donors (Lipinski definition) is 9. The second kappa shape index (κ2) is 21.5. The highest BCUT2D eigenvalue weighted by molar-refractivity contribution is 6.30. The average molecular weight is 939 g/mol. The summed E-state index contributed by atoms with van der Waals surface area (Å²) in [6.07, 6.45) is -0.121. The summed E-state index contributed by atoms with van der Waals surface area (Å²) in [4.78, 5) is 98.4. The van der Waals surface area contributed by atoms with Crippen LogP contribution in [-0.2, 0) is 35.2 Å². The lowest BCUT2D eigenvalue weighted by Gasteiger charge is -2.32. The highest BCUT2D eigenvalue weighted by Gasteiger charge is 2.41. The maximum Gasteiger partial charge on any atom is 0.251 e. The Hall–Kier alpha value is -7.02. The van der Waals surface area contributed by atoms with E-state index in [-0.39, 0.29) is 59.6 Å². The molecule has 4 aromatic carbocycles. The van der Waals surface area contributed by atoms with E-state index in [1.165, 1.54) is 57.3 Å². The smallest absolute Gasteiger partial charge is 0.251 e. The number of halogens is 1. The number of nitrogens with two attached hydrogens (primary N) is 2. The number of phenolic OH excluding ortho intramolecular Hbond substituents is 2. The number of benzene rings is 4. The van der Waals surface area contributed by atoms with Gasteiger partial charge in [0, 0.05) is 48.1 Å². The summed E-state index contributed by atoms with van der Waals surface area (Å²) >= 11 is 6.05. The summed E-state index contributed by atoms with van der Waals surface area (Å²) in [5, 5.41) is 43.7. The van der Waals surface area contributed by atoms with Crippen molar-refractivity contribution in [3.8, 4) is 33.8 Å². The Kier molecular flexibility index (Phi) is 15.9. The molecule has 7 amide bonds. The van der Waals surface area contributed by atoms with Crippen molar-refractivity contribution in [2.24, 2.45) is 11.5 Å². The zero-order chi connectivity index (χ0) is 48.7. The van der Waals surface area contributed by atoms with Gasteiger partial charge in [0.15, 0.2) is 0 Å². The molecule has 0 radical (unpaired) electrons. The number of nitrogens with zero attached hydrogens (tertiary/aromatic N) is 2. The Balaban J connectivity index is 1.29. The van der Waals surface area contributed by atoms with Crippen LogP contribution in [0, 0.1) is 0 Å². The van der Waals surface area contributed by atoms with Crippen molar-refractivity contribution in [1.29, 1.82) is 0 Å². The molecule has 2 aliphatic rings. The van der Waals surface area contributed by atoms with E-state index in [1.807, 2.05) is 12.1 Å². The molecule has 11 N–H and O–H groups in total. The first-order valence-electron chi connectivity index (χ1n) is 21.8. The first-order valence-corrected chi connectivity index (χ1v) is 22.2. The van der Waals surface area contributed by atoms with E-state index in [9.17, 15) is 48.9 Å². The predicted molar refractivity (Wildman–Crippen MR) is 248 cm³/mol. The molecular formula is C48H55ClN8O10. The van der Waals surface area contributed by atoms with Crippen molar-refractivity contribution in [2.75, 3.05) is 20.1 Å². The minimum atomic E-state index is -1.48. The Morgan fingerprint density at radius 2 is 1.49 bits per heavy atom. The highest BCUT2D eigenvalue weighted by atomic mass is 35.5. The molecule has 0 aromatic heterocycles. The summed E-state index contributed by atoms with van der Waals surface area (Å²) in [5.41, 5.74) is 14.0. The van der Waals surface area contributed by atoms with Gasteiger partial charge in [-0.05, 0) is 110 Å². The van der Waals surface area contributed by atoms with Crippen LogP contribution >= 0.6 is 11.6 Å². The van der Waals surface area contributed by atoms with Crippen LogP contribution in [0.3, 0.4) is 0 Å². The molecule has 6 rings (SSSR count). The Labute approximate surface area is 392 Å². The molecule has 2 aliphatic heterocycles. The fraction of sp³-hybridized carbons (Fsp3) is 0.354. The molecule has 7 atom stereocenters. The van der Waals surface area contributed by atoms with E-state index in [0.29, 0.717) is 30.0 Å². The number of aromatic hydroxyl groups is 2. The topological polar surface area (TPSA) is 287 Å². The first-order chi connectivity index (χ1) is 31.9. The number of unbranched alkanes of at least 4 members (excludes halogenated alkanes) is 1. The zero-order valence-corrected chi connectivity index (χ0v) is 38.0. The minimum absolute atomic E-state index is 0.0651. The van der Waals surface area contributed by atoms with Crippen LogP contribution in [-0.4, -0.2) is 123 Å². The molecule has 0 saturated carbocycles. The molecule has 1 saturated heterocycles. The Bertz CT molecular complexity index is 2520. The number of hydrogen-bond acceptors (Lipinski definition) is 11. The number of rotatable bonds is 13. The number of primary amides is 1. The van der Waals surface area contributed by atoms with E-state index in [2.05, 4.69) is 21.3 Å². The summed E-state index contributed by atoms with van der Waals surface area (Å²) in [7, 11) is 1.37. The molecule has 18 nitrogen and oxygen atoms in total. The summed E-state index contributed by atoms with van der Waals surface area (Å²) < 4.78 is 0. The molecule has 0 unspecified atom stereocenters. The van der Waals surface area contributed by atoms with Crippen molar-refractivity contribution < 1.29 is 48.9 Å². The largest absolute Gasteiger partial charge is 0.507 e. The van der Waals surface area contributed by atoms with Crippen LogP contribution in [0.1, 0.15) is 67.1 Å². The molecule has 0 spiro atoms. The van der Waals surface area contributed by atoms with Gasteiger partial charge in [-0.1, -0.05) is 48.0 Å². The second-order valence-corrected chi connectivity index (χ2v) is 17.3. The number of likely N-dealkylation sites (tertiary alicyclic amines) is 1. The lowest BCUT2D eigenvalue weighted by molar-refractivity contribution is -0.142. The Morgan fingerprint density at radius 1 is 0.866 bits per heavy atom. The maximum atomic E-state index is 14.6. The third kappa shape index (κ3) is 11.7. The van der Waals surface area contributed by atoms with Crippen molar-refractivity contribution in [3.63, 3.8) is 0 Å². The Morgan fingerprint density at radius 3 is 2.13 bits per heavy atom. The van der Waals surface area contributed by atoms with E-state index in [4.69, 9.17) is 23.1 Å². The minimum Gasteiger partial charge on any atom is -0.507 e. The van der Waals surface area contributed by atoms with Crippen molar-refractivity contribution in [3.05, 3.63) is 107 Å². The normalized spacial score (nSPS) is 20.3. The van der Waals surface area contributed by atoms with Gasteiger partial charge in [0.25, 0.3) is 5.91 Å². The highest BCUT2D eigenvalue weighted by Crippen LogP contribution is 2.39. The SMILES string of the molecule is C[C@@H]1NC(=O)[C@@H](N(C)C(=O)[C@H](CCCCN)NC(=O)c2ccc(-c3ccc(Cl)cc3)cc2)c2ccc(O)c(c2)-c2cc(ccc2O)C[C@@H](C(=O)N[C@@H](C)C(=O)N2C[C@@H](O)C[C@H]2C(N)=O)NC1=O. The van der Waals surface area contributed by atoms with E-state index < -0.39 is 83.7 Å². The van der Waals surface area contributed by atoms with Gasteiger partial charge in [-0.3, -0.25) is 33.6 Å². The number of amides is 7. The lowest BCUT2D eigenvalue weighted by Crippen LogP contribution is -2.58. The molecule has 4 bridgehead atoms. The fourth-order valence-corrected chi connectivity index (χ4v) is 8.41. The molecule has 19 heteroatoms. The average Bonchev–Trinajstić information content (AvgIpc) is 3.70. The summed E-state index contributed by atoms with van der Waals surface area (Å²) in [5.74, 6) is -5.78. The van der Waals surface area contributed by atoms with Crippen molar-refractivity contribution in [2.45, 2.75) is 88.3 Å². The number of fused-ring (bicyclic) bond motifs is 5. The zero-order valence-electron chi connectivity index (χ0n) is 37.2. The fourth-order valence-electron chi connectivity index (χ4n) is 8.29. The van der Waals surface area contributed by atoms with Gasteiger partial charge in [-0.15, -0.1) is 0 Å². The summed E-state index contributed by atoms with van der Waals surface area (Å²) in [6, 6.07) is 14.8. The number of β-amino-alcohol motifs (C(OH)–C–C–N with tert-alkyl or cyclic N) is 1. The second-order valence-electron chi connectivity index (χ2n) is 16.9. The number of phenols is 2. The standard InChI is InChI=1S/C48H55ClN8O10/c1-25-43(62)55-37(45(64)53-26(2)47(66)57-24-33(58)23-38(57)42(51)61)21-27-7-17-39(59)34(20-27)35-22-31(14-18-40(35)60)41(46(65)52-25)56(3)48(67)36(6-4-5-19-50)54-44(63)30-10-8-28(9-11-30)29-12-15-32(49)16-13-29/h7-18,20,22,25-26,33,36-38,41,58-60H,4-6,19,21,23-24,50H2,1-3H3,(H2,51,61)(H,52,65)(H,53,64)(H,54,63)(H,55,62)/t25-,26-,33-,36-,37-,38-,41-/m0/s1. The molecule has 4 aromatic rings. The lowest BCUT2D eigenvalue weighted by atomic mass is 9.93. The van der Waals surface area contributed by atoms with Crippen LogP contribution in [0.2, 0.25) is 5.02 Å². The van der Waals surface area contributed by atoms with Crippen LogP contribution in [0.15, 0.2) is 84.9 Å². The maximum absolute atomic E-state index is 14.6. The molecule has 0 aliphatic carbocycles. The third-order valence-corrected chi connectivity index (χ3v) is 12.2. The van der Waals surface area contributed by atoms with Crippen molar-refractivity contribution >= 4 is 53.0 Å². The number of carbonyl (C=O) groups excluding carboxylic acids is 7. The first kappa shape index (κ1) is 49.4. The molecule has 2 heterocycles. The van der Waals surface area contributed by atoms with Crippen LogP contribution < -0.4 is 32.7 Å². The number of carbonyl (C=O) groups is 7. The van der Waals surface area contributed by atoms with Crippen LogP contribution in [0.5, 0.6) is 11.5 Å². The van der Waals surface area contributed by atoms with E-state index in [1.54, 1.807) is 36.4 Å². The van der Waals surface area contributed by atoms with Gasteiger partial charge in [0.1, 0.15) is 47.8 Å². The van der Waals surface area contributed by atoms with Gasteiger partial charge in [-0.25, -0.2) is 0 Å². The predicted octanol–water partition coefficient (Wildman–Crippen LogP) is 2.01. The molecule has 67 heavy (non-hydrogen) atoms. The molecular weight excluding hydrogens is 884 g/mol. The van der Waals surface area contributed by atoms with Crippen LogP contribution in [0.25, 0.3) is 22.3 Å². The molecule has 354 valence electrons. The van der Waals surface area contributed by atoms with Gasteiger partial charge < -0.3 is 57.9 Å². The monoisotopic (exact) mass is 938 g/mol. The van der Waals surface area contributed by atoms with E-state index >= 15 is 0 Å². The van der Waals surface area contributed by atoms with Crippen LogP contribution in [0.4, 0.5) is 0 Å². The number of nitrogens with one attached hydrogen (secondary N) is 4. The molecule has 1 fully saturated rings. The number of aliphatic hydroxyl groups excluding tert-OH is 1. The quantitative estimate of drug-likeness (QED) is 0.0875. The van der Waals surface area contributed by atoms with Gasteiger partial charge in [-0.2, -0.15) is 0 Å². The number of aliphatic hydroxyl groups is 1. The third-order valence-electron chi connectivity index (χ3n) is 12.0.